The Hall–Kier alpha value is -2.70. The molecular weight excluding hydrogens is 342 g/mol. The summed E-state index contributed by atoms with van der Waals surface area (Å²) in [5.74, 6) is -0.344. The minimum atomic E-state index is -0.515. The molecule has 1 aliphatic rings. The summed E-state index contributed by atoms with van der Waals surface area (Å²) < 4.78 is 0. The number of hydrogen-bond donors (Lipinski definition) is 2. The highest BCUT2D eigenvalue weighted by atomic mass is 16.3. The molecule has 27 heavy (non-hydrogen) atoms. The summed E-state index contributed by atoms with van der Waals surface area (Å²) >= 11 is 0. The molecule has 0 aliphatic carbocycles. The van der Waals surface area contributed by atoms with Crippen molar-refractivity contribution in [1.82, 2.24) is 9.80 Å². The number of hydrogen-bond acceptors (Lipinski definition) is 4. The van der Waals surface area contributed by atoms with E-state index in [-0.39, 0.29) is 18.4 Å². The molecule has 2 aromatic carbocycles. The summed E-state index contributed by atoms with van der Waals surface area (Å²) in [6.07, 6.45) is -0.515. The number of primary amides is 1. The van der Waals surface area contributed by atoms with Crippen LogP contribution in [0.3, 0.4) is 0 Å². The number of nitrogens with zero attached hydrogens (tertiary/aromatic N) is 2. The largest absolute Gasteiger partial charge is 0.389 e. The Morgan fingerprint density at radius 3 is 2.30 bits per heavy atom. The van der Waals surface area contributed by atoms with Gasteiger partial charge in [-0.05, 0) is 41.8 Å². The van der Waals surface area contributed by atoms with Gasteiger partial charge in [0.25, 0.3) is 5.91 Å². The number of rotatable bonds is 5. The minimum absolute atomic E-state index is 0.00185. The second kappa shape index (κ2) is 8.33. The number of aliphatic hydroxyl groups is 1. The van der Waals surface area contributed by atoms with Gasteiger partial charge in [-0.3, -0.25) is 14.5 Å². The van der Waals surface area contributed by atoms with Crippen LogP contribution in [0.5, 0.6) is 0 Å². The number of nitrogens with two attached hydrogens (primary N) is 1. The fourth-order valence-electron chi connectivity index (χ4n) is 3.30. The smallest absolute Gasteiger partial charge is 0.253 e. The van der Waals surface area contributed by atoms with E-state index >= 15 is 0 Å². The molecule has 1 fully saturated rings. The second-order valence-electron chi connectivity index (χ2n) is 6.91. The standard InChI is InChI=1S/C21H25N3O3/c1-15(25)18-3-2-4-19(13-18)16-5-7-17(8-6-16)21(27)24-11-9-23(10-12-24)14-20(22)26/h2-8,13,15,25H,9-12,14H2,1H3,(H2,22,26)/t15-/m1/s1. The quantitative estimate of drug-likeness (QED) is 0.841. The van der Waals surface area contributed by atoms with E-state index in [9.17, 15) is 14.7 Å². The molecule has 1 saturated heterocycles. The molecule has 0 bridgehead atoms. The molecule has 3 rings (SSSR count). The normalized spacial score (nSPS) is 16.1. The SMILES string of the molecule is C[C@@H](O)c1cccc(-c2ccc(C(=O)N3CCN(CC(N)=O)CC3)cc2)c1. The van der Waals surface area contributed by atoms with E-state index in [0.29, 0.717) is 31.7 Å². The van der Waals surface area contributed by atoms with Crippen LogP contribution in [0.4, 0.5) is 0 Å². The van der Waals surface area contributed by atoms with Gasteiger partial charge < -0.3 is 15.7 Å². The first-order valence-electron chi connectivity index (χ1n) is 9.12. The van der Waals surface area contributed by atoms with Crippen LogP contribution in [0, 0.1) is 0 Å². The van der Waals surface area contributed by atoms with E-state index in [1.54, 1.807) is 11.8 Å². The molecule has 0 spiro atoms. The van der Waals surface area contributed by atoms with Crippen molar-refractivity contribution in [3.05, 3.63) is 59.7 Å². The molecule has 2 amide bonds. The molecule has 1 heterocycles. The molecule has 6 heteroatoms. The van der Waals surface area contributed by atoms with Gasteiger partial charge in [-0.2, -0.15) is 0 Å². The predicted molar refractivity (Wildman–Crippen MR) is 104 cm³/mol. The fraction of sp³-hybridized carbons (Fsp3) is 0.333. The number of carbonyl (C=O) groups excluding carboxylic acids is 2. The maximum absolute atomic E-state index is 12.7. The molecule has 142 valence electrons. The zero-order valence-electron chi connectivity index (χ0n) is 15.5. The van der Waals surface area contributed by atoms with Crippen molar-refractivity contribution in [3.8, 4) is 11.1 Å². The molecule has 1 atom stereocenters. The van der Waals surface area contributed by atoms with Crippen LogP contribution in [0.2, 0.25) is 0 Å². The van der Waals surface area contributed by atoms with E-state index in [0.717, 1.165) is 16.7 Å². The molecule has 2 aromatic rings. The van der Waals surface area contributed by atoms with Crippen LogP contribution >= 0.6 is 0 Å². The molecule has 0 radical (unpaired) electrons. The predicted octanol–water partition coefficient (Wildman–Crippen LogP) is 1.65. The zero-order chi connectivity index (χ0) is 19.4. The number of piperazine rings is 1. The summed E-state index contributed by atoms with van der Waals surface area (Å²) in [5, 5.41) is 9.74. The van der Waals surface area contributed by atoms with Crippen molar-refractivity contribution in [3.63, 3.8) is 0 Å². The maximum Gasteiger partial charge on any atom is 0.253 e. The lowest BCUT2D eigenvalue weighted by Gasteiger charge is -2.34. The Morgan fingerprint density at radius 2 is 1.70 bits per heavy atom. The van der Waals surface area contributed by atoms with Gasteiger partial charge in [-0.15, -0.1) is 0 Å². The summed E-state index contributed by atoms with van der Waals surface area (Å²) in [6, 6.07) is 15.3. The van der Waals surface area contributed by atoms with Crippen LogP contribution in [0.15, 0.2) is 48.5 Å². The first kappa shape index (κ1) is 19.1. The highest BCUT2D eigenvalue weighted by molar-refractivity contribution is 5.94. The Bertz CT molecular complexity index is 810. The third-order valence-electron chi connectivity index (χ3n) is 4.87. The molecule has 3 N–H and O–H groups in total. The van der Waals surface area contributed by atoms with Crippen LogP contribution in [0.1, 0.15) is 28.9 Å². The van der Waals surface area contributed by atoms with Gasteiger partial charge in [0, 0.05) is 31.7 Å². The van der Waals surface area contributed by atoms with Gasteiger partial charge in [0.15, 0.2) is 0 Å². The van der Waals surface area contributed by atoms with Gasteiger partial charge in [-0.1, -0.05) is 30.3 Å². The van der Waals surface area contributed by atoms with E-state index in [1.807, 2.05) is 53.4 Å². The van der Waals surface area contributed by atoms with E-state index in [2.05, 4.69) is 0 Å². The summed E-state index contributed by atoms with van der Waals surface area (Å²) in [7, 11) is 0. The summed E-state index contributed by atoms with van der Waals surface area (Å²) in [5.41, 5.74) is 8.74. The van der Waals surface area contributed by atoms with Gasteiger partial charge in [0.1, 0.15) is 0 Å². The molecule has 1 aliphatic heterocycles. The van der Waals surface area contributed by atoms with E-state index < -0.39 is 6.10 Å². The van der Waals surface area contributed by atoms with Gasteiger partial charge in [0.05, 0.1) is 12.6 Å². The lowest BCUT2D eigenvalue weighted by atomic mass is 10.00. The van der Waals surface area contributed by atoms with Crippen LogP contribution in [-0.2, 0) is 4.79 Å². The molecule has 0 unspecified atom stereocenters. The molecular formula is C21H25N3O3. The van der Waals surface area contributed by atoms with Gasteiger partial charge >= 0.3 is 0 Å². The van der Waals surface area contributed by atoms with Crippen molar-refractivity contribution in [2.24, 2.45) is 5.73 Å². The van der Waals surface area contributed by atoms with Crippen molar-refractivity contribution >= 4 is 11.8 Å². The zero-order valence-corrected chi connectivity index (χ0v) is 15.5. The van der Waals surface area contributed by atoms with Crippen molar-refractivity contribution < 1.29 is 14.7 Å². The molecule has 0 aromatic heterocycles. The summed E-state index contributed by atoms with van der Waals surface area (Å²) in [4.78, 5) is 27.5. The first-order chi connectivity index (χ1) is 12.9. The lowest BCUT2D eigenvalue weighted by Crippen LogP contribution is -2.50. The van der Waals surface area contributed by atoms with Crippen molar-refractivity contribution in [2.45, 2.75) is 13.0 Å². The average Bonchev–Trinajstić information content (AvgIpc) is 2.68. The Labute approximate surface area is 159 Å². The number of carbonyl (C=O) groups is 2. The Kier molecular flexibility index (Phi) is 5.88. The van der Waals surface area contributed by atoms with Gasteiger partial charge in [-0.25, -0.2) is 0 Å². The average molecular weight is 367 g/mol. The monoisotopic (exact) mass is 367 g/mol. The van der Waals surface area contributed by atoms with Crippen molar-refractivity contribution in [2.75, 3.05) is 32.7 Å². The van der Waals surface area contributed by atoms with Crippen LogP contribution in [0.25, 0.3) is 11.1 Å². The fourth-order valence-corrected chi connectivity index (χ4v) is 3.30. The molecule has 0 saturated carbocycles. The molecule has 6 nitrogen and oxygen atoms in total. The summed E-state index contributed by atoms with van der Waals surface area (Å²) in [6.45, 7) is 4.46. The minimum Gasteiger partial charge on any atom is -0.389 e. The highest BCUT2D eigenvalue weighted by Gasteiger charge is 2.22. The van der Waals surface area contributed by atoms with E-state index in [1.165, 1.54) is 0 Å². The van der Waals surface area contributed by atoms with Gasteiger partial charge in [0.2, 0.25) is 5.91 Å². The first-order valence-corrected chi connectivity index (χ1v) is 9.12. The third kappa shape index (κ3) is 4.72. The Morgan fingerprint density at radius 1 is 1.04 bits per heavy atom. The second-order valence-corrected chi connectivity index (χ2v) is 6.91. The number of benzene rings is 2. The van der Waals surface area contributed by atoms with Crippen LogP contribution < -0.4 is 5.73 Å². The van der Waals surface area contributed by atoms with Crippen LogP contribution in [-0.4, -0.2) is 59.4 Å². The number of aliphatic hydroxyl groups excluding tert-OH is 1. The highest BCUT2D eigenvalue weighted by Crippen LogP contribution is 2.24. The number of amides is 2. The topological polar surface area (TPSA) is 86.9 Å². The third-order valence-corrected chi connectivity index (χ3v) is 4.87. The lowest BCUT2D eigenvalue weighted by molar-refractivity contribution is -0.119. The maximum atomic E-state index is 12.7. The van der Waals surface area contributed by atoms with Crippen molar-refractivity contribution in [1.29, 1.82) is 0 Å². The Balaban J connectivity index is 1.66. The van der Waals surface area contributed by atoms with E-state index in [4.69, 9.17) is 5.73 Å².